The maximum atomic E-state index is 13.8. The smallest absolute Gasteiger partial charge is 0.416 e. The van der Waals surface area contributed by atoms with Crippen molar-refractivity contribution in [2.24, 2.45) is 5.14 Å². The highest BCUT2D eigenvalue weighted by Gasteiger charge is 2.31. The van der Waals surface area contributed by atoms with Gasteiger partial charge in [0.15, 0.2) is 0 Å². The molecule has 0 aliphatic rings. The van der Waals surface area contributed by atoms with Crippen molar-refractivity contribution in [2.45, 2.75) is 54.3 Å². The van der Waals surface area contributed by atoms with Crippen LogP contribution >= 0.6 is 11.3 Å². The molecular weight excluding hydrogens is 765 g/mol. The molecule has 0 aliphatic carbocycles. The van der Waals surface area contributed by atoms with Crippen LogP contribution in [0, 0.1) is 0 Å². The summed E-state index contributed by atoms with van der Waals surface area (Å²) in [6.45, 7) is -1.71. The number of aliphatic hydroxyl groups is 2. The summed E-state index contributed by atoms with van der Waals surface area (Å²) in [5.41, 5.74) is 0.483. The lowest BCUT2D eigenvalue weighted by Gasteiger charge is -2.21. The first-order valence-corrected chi connectivity index (χ1v) is 18.2. The Morgan fingerprint density at radius 1 is 0.944 bits per heavy atom. The second-order valence-corrected chi connectivity index (χ2v) is 14.7. The van der Waals surface area contributed by atoms with Gasteiger partial charge in [-0.25, -0.2) is 32.4 Å². The first-order chi connectivity index (χ1) is 25.5. The summed E-state index contributed by atoms with van der Waals surface area (Å²) in [5.74, 6) is -1.66. The van der Waals surface area contributed by atoms with E-state index in [-0.39, 0.29) is 40.8 Å². The number of hydrogen-bond donors (Lipinski definition) is 5. The van der Waals surface area contributed by atoms with Crippen LogP contribution in [0.1, 0.15) is 28.4 Å². The highest BCUT2D eigenvalue weighted by molar-refractivity contribution is 7.91. The highest BCUT2D eigenvalue weighted by atomic mass is 32.2. The Morgan fingerprint density at radius 2 is 1.59 bits per heavy atom. The Labute approximate surface area is 308 Å². The molecule has 1 amide bonds. The number of aliphatic carboxylic acids is 1. The summed E-state index contributed by atoms with van der Waals surface area (Å²) < 4.78 is 87.7. The van der Waals surface area contributed by atoms with Gasteiger partial charge in [0.25, 0.3) is 10.0 Å². The van der Waals surface area contributed by atoms with Crippen LogP contribution in [0.5, 0.6) is 11.5 Å². The number of nitrogens with two attached hydrogens (primary N) is 1. The van der Waals surface area contributed by atoms with Gasteiger partial charge < -0.3 is 30.1 Å². The predicted molar refractivity (Wildman–Crippen MR) is 183 cm³/mol. The Kier molecular flexibility index (Phi) is 12.5. The maximum Gasteiger partial charge on any atom is 0.416 e. The zero-order chi connectivity index (χ0) is 39.2. The predicted octanol–water partition coefficient (Wildman–Crippen LogP) is 2.80. The summed E-state index contributed by atoms with van der Waals surface area (Å²) in [7, 11) is -4.01. The van der Waals surface area contributed by atoms with E-state index >= 15 is 0 Å². The van der Waals surface area contributed by atoms with E-state index in [0.29, 0.717) is 21.5 Å². The van der Waals surface area contributed by atoms with E-state index < -0.39 is 71.2 Å². The van der Waals surface area contributed by atoms with Crippen molar-refractivity contribution in [1.82, 2.24) is 25.3 Å². The van der Waals surface area contributed by atoms with E-state index in [1.54, 1.807) is 30.3 Å². The Morgan fingerprint density at radius 3 is 2.22 bits per heavy atom. The number of hydrogen-bond acceptors (Lipinski definition) is 12. The number of primary sulfonamides is 1. The van der Waals surface area contributed by atoms with Crippen molar-refractivity contribution in [3.63, 3.8) is 0 Å². The largest absolute Gasteiger partial charge is 0.491 e. The van der Waals surface area contributed by atoms with Crippen LogP contribution < -0.4 is 19.9 Å². The molecule has 5 rings (SSSR count). The fraction of sp³-hybridized carbons (Fsp3) is 0.303. The number of alkyl halides is 4. The Hall–Kier alpha value is -5.22. The number of thiazole rings is 1. The SMILES string of the molecule is NS(=O)(=O)c1nc2ccc(OCc3cn([C@H](Cc4ccc(OC[C@H](O)[C@@H](O)CF)cc4)C(=O)N[C@@H](Cc4ccc(C(F)(F)F)cc4)C(=O)O)nn3)cc2s1. The summed E-state index contributed by atoms with van der Waals surface area (Å²) in [4.78, 5) is 29.9. The Bertz CT molecular complexity index is 2180. The van der Waals surface area contributed by atoms with Gasteiger partial charge in [0, 0.05) is 12.8 Å². The van der Waals surface area contributed by atoms with Crippen LogP contribution in [0.2, 0.25) is 0 Å². The number of benzene rings is 3. The quantitative estimate of drug-likeness (QED) is 0.0856. The number of amides is 1. The minimum Gasteiger partial charge on any atom is -0.491 e. The van der Waals surface area contributed by atoms with Crippen LogP contribution in [-0.4, -0.2) is 87.1 Å². The van der Waals surface area contributed by atoms with Crippen LogP contribution in [0.4, 0.5) is 17.6 Å². The van der Waals surface area contributed by atoms with Crippen LogP contribution in [-0.2, 0) is 45.2 Å². The van der Waals surface area contributed by atoms with E-state index in [1.165, 1.54) is 23.0 Å². The van der Waals surface area contributed by atoms with Crippen LogP contribution in [0.15, 0.2) is 77.3 Å². The van der Waals surface area contributed by atoms with Crippen molar-refractivity contribution in [2.75, 3.05) is 13.3 Å². The van der Waals surface area contributed by atoms with Gasteiger partial charge in [0.2, 0.25) is 10.2 Å². The van der Waals surface area contributed by atoms with Gasteiger partial charge in [0.1, 0.15) is 61.4 Å². The number of sulfonamides is 1. The third kappa shape index (κ3) is 10.5. The van der Waals surface area contributed by atoms with E-state index in [0.717, 1.165) is 35.6 Å². The number of carbonyl (C=O) groups is 2. The second-order valence-electron chi connectivity index (χ2n) is 11.9. The summed E-state index contributed by atoms with van der Waals surface area (Å²) in [6.07, 6.45) is -6.69. The lowest BCUT2D eigenvalue weighted by molar-refractivity contribution is -0.142. The minimum atomic E-state index is -4.59. The molecule has 2 aromatic heterocycles. The molecular formula is C33H32F4N6O9S2. The average Bonchev–Trinajstić information content (AvgIpc) is 3.79. The van der Waals surface area contributed by atoms with Gasteiger partial charge in [-0.1, -0.05) is 29.5 Å². The normalized spacial score (nSPS) is 14.3. The zero-order valence-electron chi connectivity index (χ0n) is 27.8. The number of halogens is 4. The number of ether oxygens (including phenoxy) is 2. The molecule has 5 aromatic rings. The number of nitrogens with one attached hydrogen (secondary N) is 1. The van der Waals surface area contributed by atoms with Gasteiger partial charge in [-0.3, -0.25) is 4.79 Å². The van der Waals surface area contributed by atoms with Gasteiger partial charge in [-0.2, -0.15) is 13.2 Å². The summed E-state index contributed by atoms with van der Waals surface area (Å²) in [6, 6.07) is 11.9. The molecule has 2 heterocycles. The summed E-state index contributed by atoms with van der Waals surface area (Å²) >= 11 is 0.857. The fourth-order valence-electron chi connectivity index (χ4n) is 4.96. The van der Waals surface area contributed by atoms with Gasteiger partial charge in [-0.05, 0) is 53.6 Å². The second kappa shape index (κ2) is 16.8. The molecule has 0 spiro atoms. The van der Waals surface area contributed by atoms with Crippen molar-refractivity contribution >= 4 is 43.5 Å². The average molecular weight is 797 g/mol. The topological polar surface area (TPSA) is 229 Å². The molecule has 0 bridgehead atoms. The first kappa shape index (κ1) is 40.0. The van der Waals surface area contributed by atoms with Crippen LogP contribution in [0.3, 0.4) is 0 Å². The number of aromatic nitrogens is 4. The number of carboxylic acids is 1. The molecule has 4 atom stereocenters. The number of carbonyl (C=O) groups excluding carboxylic acids is 1. The maximum absolute atomic E-state index is 13.8. The van der Waals surface area contributed by atoms with Crippen molar-refractivity contribution in [3.05, 3.63) is 95.3 Å². The van der Waals surface area contributed by atoms with Gasteiger partial charge >= 0.3 is 12.1 Å². The lowest BCUT2D eigenvalue weighted by atomic mass is 10.0. The molecule has 54 heavy (non-hydrogen) atoms. The van der Waals surface area contributed by atoms with E-state index in [1.807, 2.05) is 0 Å². The molecule has 0 unspecified atom stereocenters. The number of fused-ring (bicyclic) bond motifs is 1. The molecule has 0 saturated heterocycles. The number of carboxylic acid groups (broad SMARTS) is 1. The standard InChI is InChI=1S/C33H32F4N6O9S2/c34-14-27(44)28(45)17-52-22-7-3-19(4-8-22)12-26(30(46)39-25(31(47)48)11-18-1-5-20(6-2-18)33(35,36)37)43-15-21(41-42-43)16-51-23-9-10-24-29(13-23)53-32(40-24)54(38,49)50/h1-10,13,15,25-28,44-45H,11-12,14,16-17H2,(H,39,46)(H,47,48)(H2,38,49,50)/t25-,26+,27-,28-/m0/s1. The lowest BCUT2D eigenvalue weighted by Crippen LogP contribution is -2.46. The van der Waals surface area contributed by atoms with E-state index in [4.69, 9.17) is 14.6 Å². The first-order valence-electron chi connectivity index (χ1n) is 15.8. The minimum absolute atomic E-state index is 0.0694. The van der Waals surface area contributed by atoms with Gasteiger partial charge in [0.05, 0.1) is 22.0 Å². The summed E-state index contributed by atoms with van der Waals surface area (Å²) in [5, 5.41) is 44.8. The Balaban J connectivity index is 1.33. The molecule has 15 nitrogen and oxygen atoms in total. The third-order valence-corrected chi connectivity index (χ3v) is 10.2. The highest BCUT2D eigenvalue weighted by Crippen LogP contribution is 2.30. The molecule has 0 radical (unpaired) electrons. The number of nitrogens with zero attached hydrogens (tertiary/aromatic N) is 4. The van der Waals surface area contributed by atoms with Crippen molar-refractivity contribution in [1.29, 1.82) is 0 Å². The van der Waals surface area contributed by atoms with Gasteiger partial charge in [-0.15, -0.1) is 16.4 Å². The molecule has 3 aromatic carbocycles. The molecule has 0 aliphatic heterocycles. The molecule has 0 saturated carbocycles. The molecule has 0 fully saturated rings. The zero-order valence-corrected chi connectivity index (χ0v) is 29.4. The van der Waals surface area contributed by atoms with Crippen LogP contribution in [0.25, 0.3) is 10.2 Å². The van der Waals surface area contributed by atoms with E-state index in [9.17, 15) is 50.9 Å². The molecule has 21 heteroatoms. The van der Waals surface area contributed by atoms with E-state index in [2.05, 4.69) is 20.6 Å². The number of rotatable bonds is 17. The fourth-order valence-corrected chi connectivity index (χ4v) is 6.65. The molecule has 6 N–H and O–H groups in total. The molecule has 288 valence electrons. The van der Waals surface area contributed by atoms with Crippen molar-refractivity contribution < 1.29 is 60.4 Å². The van der Waals surface area contributed by atoms with Crippen molar-refractivity contribution in [3.8, 4) is 11.5 Å². The number of aliphatic hydroxyl groups excluding tert-OH is 2. The third-order valence-electron chi connectivity index (χ3n) is 7.86. The monoisotopic (exact) mass is 796 g/mol.